The van der Waals surface area contributed by atoms with Crippen molar-refractivity contribution in [3.8, 4) is 0 Å². The highest BCUT2D eigenvalue weighted by atomic mass is 35.5. The largest absolute Gasteiger partial charge is 0.295 e. The summed E-state index contributed by atoms with van der Waals surface area (Å²) in [4.78, 5) is 11.3. The molecule has 0 fully saturated rings. The number of allylic oxidation sites excluding steroid dienone is 2. The maximum Gasteiger partial charge on any atom is 0.157 e. The lowest BCUT2D eigenvalue weighted by molar-refractivity contribution is -0.113. The molecular weight excluding hydrogens is 236 g/mol. The third-order valence-electron chi connectivity index (χ3n) is 2.58. The average molecular weight is 251 g/mol. The van der Waals surface area contributed by atoms with Crippen LogP contribution in [0.15, 0.2) is 40.6 Å². The fourth-order valence-electron chi connectivity index (χ4n) is 1.40. The van der Waals surface area contributed by atoms with Gasteiger partial charge in [-0.1, -0.05) is 17.7 Å². The number of hydrogen-bond donors (Lipinski definition) is 0. The highest BCUT2D eigenvalue weighted by Gasteiger charge is 2.11. The Morgan fingerprint density at radius 1 is 1.35 bits per heavy atom. The maximum atomic E-state index is 11.3. The highest BCUT2D eigenvalue weighted by Crippen LogP contribution is 2.24. The number of halogens is 1. The van der Waals surface area contributed by atoms with E-state index in [4.69, 9.17) is 11.6 Å². The zero-order valence-electron chi connectivity index (χ0n) is 10.2. The van der Waals surface area contributed by atoms with Gasteiger partial charge in [0.15, 0.2) is 5.78 Å². The Kier molecular flexibility index (Phi) is 4.46. The van der Waals surface area contributed by atoms with E-state index in [1.807, 2.05) is 19.1 Å². The van der Waals surface area contributed by atoms with Gasteiger partial charge in [-0.2, -0.15) is 5.10 Å². The van der Waals surface area contributed by atoms with Crippen molar-refractivity contribution in [3.05, 3.63) is 40.6 Å². The summed E-state index contributed by atoms with van der Waals surface area (Å²) in [6.07, 6.45) is 0. The first-order chi connectivity index (χ1) is 7.97. The van der Waals surface area contributed by atoms with Gasteiger partial charge in [0, 0.05) is 23.0 Å². The molecule has 0 atom stereocenters. The molecule has 4 heteroatoms. The van der Waals surface area contributed by atoms with E-state index < -0.39 is 0 Å². The highest BCUT2D eigenvalue weighted by molar-refractivity contribution is 6.30. The van der Waals surface area contributed by atoms with Crippen LogP contribution in [0, 0.1) is 0 Å². The molecule has 0 aliphatic rings. The third-order valence-corrected chi connectivity index (χ3v) is 2.82. The first kappa shape index (κ1) is 13.5. The lowest BCUT2D eigenvalue weighted by Crippen LogP contribution is -2.16. The summed E-state index contributed by atoms with van der Waals surface area (Å²) in [5.74, 6) is 0.0122. The van der Waals surface area contributed by atoms with Crippen LogP contribution in [0.5, 0.6) is 0 Å². The standard InChI is InChI=1S/C13H15ClN2O/c1-9(11(3)17)10(2)16(15-4)13-7-5-6-12(14)8-13/h5-8H,4H2,1-3H3/b10-9+. The molecule has 0 unspecified atom stereocenters. The summed E-state index contributed by atoms with van der Waals surface area (Å²) in [6.45, 7) is 8.63. The second kappa shape index (κ2) is 5.64. The van der Waals surface area contributed by atoms with Crippen LogP contribution in [0.1, 0.15) is 20.8 Å². The number of anilines is 1. The predicted molar refractivity (Wildman–Crippen MR) is 72.5 cm³/mol. The second-order valence-electron chi connectivity index (χ2n) is 3.70. The summed E-state index contributed by atoms with van der Waals surface area (Å²) in [5.41, 5.74) is 2.18. The zero-order chi connectivity index (χ0) is 13.0. The van der Waals surface area contributed by atoms with Gasteiger partial charge in [0.2, 0.25) is 0 Å². The van der Waals surface area contributed by atoms with Crippen LogP contribution in [0.3, 0.4) is 0 Å². The number of nitrogens with zero attached hydrogens (tertiary/aromatic N) is 2. The topological polar surface area (TPSA) is 32.7 Å². The van der Waals surface area contributed by atoms with Crippen molar-refractivity contribution in [2.75, 3.05) is 5.01 Å². The van der Waals surface area contributed by atoms with Crippen molar-refractivity contribution in [1.82, 2.24) is 0 Å². The minimum Gasteiger partial charge on any atom is -0.295 e. The molecular formula is C13H15ClN2O. The molecule has 90 valence electrons. The van der Waals surface area contributed by atoms with Gasteiger partial charge in [-0.15, -0.1) is 0 Å². The number of Topliss-reactive ketones (excluding diaryl/α,β-unsaturated/α-hetero) is 1. The minimum absolute atomic E-state index is 0.0122. The first-order valence-electron chi connectivity index (χ1n) is 5.18. The van der Waals surface area contributed by atoms with E-state index in [1.54, 1.807) is 24.1 Å². The second-order valence-corrected chi connectivity index (χ2v) is 4.14. The monoisotopic (exact) mass is 250 g/mol. The SMILES string of the molecule is C=NN(/C(C)=C(\C)C(C)=O)c1cccc(Cl)c1. The molecule has 0 N–H and O–H groups in total. The Bertz CT molecular complexity index is 480. The normalized spacial score (nSPS) is 11.8. The smallest absolute Gasteiger partial charge is 0.157 e. The molecule has 1 aromatic rings. The van der Waals surface area contributed by atoms with Crippen LogP contribution in [-0.4, -0.2) is 12.5 Å². The molecule has 1 aromatic carbocycles. The molecule has 0 saturated heterocycles. The third kappa shape index (κ3) is 3.17. The lowest BCUT2D eigenvalue weighted by atomic mass is 10.1. The van der Waals surface area contributed by atoms with E-state index in [2.05, 4.69) is 11.8 Å². The Hall–Kier alpha value is -1.61. The maximum absolute atomic E-state index is 11.3. The molecule has 3 nitrogen and oxygen atoms in total. The summed E-state index contributed by atoms with van der Waals surface area (Å²) < 4.78 is 0. The summed E-state index contributed by atoms with van der Waals surface area (Å²) >= 11 is 5.92. The van der Waals surface area contributed by atoms with Crippen molar-refractivity contribution in [3.63, 3.8) is 0 Å². The van der Waals surface area contributed by atoms with Crippen molar-refractivity contribution < 1.29 is 4.79 Å². The van der Waals surface area contributed by atoms with Crippen molar-refractivity contribution >= 4 is 29.8 Å². The number of hydrogen-bond acceptors (Lipinski definition) is 3. The lowest BCUT2D eigenvalue weighted by Gasteiger charge is -2.21. The molecule has 0 spiro atoms. The Labute approximate surface area is 106 Å². The number of ketones is 1. The minimum atomic E-state index is 0.0122. The molecule has 0 bridgehead atoms. The molecule has 0 aliphatic heterocycles. The Morgan fingerprint density at radius 2 is 2.00 bits per heavy atom. The van der Waals surface area contributed by atoms with Gasteiger partial charge >= 0.3 is 0 Å². The van der Waals surface area contributed by atoms with Gasteiger partial charge in [0.25, 0.3) is 0 Å². The predicted octanol–water partition coefficient (Wildman–Crippen LogP) is 3.64. The molecule has 0 aliphatic carbocycles. The van der Waals surface area contributed by atoms with E-state index in [9.17, 15) is 4.79 Å². The summed E-state index contributed by atoms with van der Waals surface area (Å²) in [7, 11) is 0. The number of carbonyl (C=O) groups is 1. The molecule has 1 rings (SSSR count). The number of carbonyl (C=O) groups excluding carboxylic acids is 1. The van der Waals surface area contributed by atoms with Gasteiger partial charge in [-0.05, 0) is 39.0 Å². The molecule has 0 aromatic heterocycles. The average Bonchev–Trinajstić information content (AvgIpc) is 2.28. The van der Waals surface area contributed by atoms with Gasteiger partial charge in [0.1, 0.15) is 0 Å². The number of benzene rings is 1. The van der Waals surface area contributed by atoms with Crippen LogP contribution in [0.25, 0.3) is 0 Å². The molecule has 0 amide bonds. The van der Waals surface area contributed by atoms with E-state index in [1.165, 1.54) is 6.92 Å². The van der Waals surface area contributed by atoms with E-state index >= 15 is 0 Å². The van der Waals surface area contributed by atoms with Gasteiger partial charge in [-0.25, -0.2) is 5.01 Å². The molecule has 0 saturated carbocycles. The fourth-order valence-corrected chi connectivity index (χ4v) is 1.59. The van der Waals surface area contributed by atoms with Crippen LogP contribution >= 0.6 is 11.6 Å². The van der Waals surface area contributed by atoms with Crippen LogP contribution in [-0.2, 0) is 4.79 Å². The quantitative estimate of drug-likeness (QED) is 0.464. The first-order valence-corrected chi connectivity index (χ1v) is 5.56. The summed E-state index contributed by atoms with van der Waals surface area (Å²) in [6, 6.07) is 7.24. The van der Waals surface area contributed by atoms with E-state index in [0.29, 0.717) is 10.6 Å². The van der Waals surface area contributed by atoms with Crippen molar-refractivity contribution in [2.45, 2.75) is 20.8 Å². The van der Waals surface area contributed by atoms with Gasteiger partial charge in [0.05, 0.1) is 5.69 Å². The van der Waals surface area contributed by atoms with Crippen LogP contribution in [0.4, 0.5) is 5.69 Å². The van der Waals surface area contributed by atoms with Crippen LogP contribution in [0.2, 0.25) is 5.02 Å². The Balaban J connectivity index is 3.21. The van der Waals surface area contributed by atoms with Crippen molar-refractivity contribution in [2.24, 2.45) is 5.10 Å². The number of rotatable bonds is 4. The van der Waals surface area contributed by atoms with Gasteiger partial charge in [-0.3, -0.25) is 4.79 Å². The fraction of sp³-hybridized carbons (Fsp3) is 0.231. The molecule has 17 heavy (non-hydrogen) atoms. The van der Waals surface area contributed by atoms with Gasteiger partial charge < -0.3 is 0 Å². The Morgan fingerprint density at radius 3 is 2.47 bits per heavy atom. The van der Waals surface area contributed by atoms with Crippen LogP contribution < -0.4 is 5.01 Å². The van der Waals surface area contributed by atoms with E-state index in [0.717, 1.165) is 11.4 Å². The van der Waals surface area contributed by atoms with E-state index in [-0.39, 0.29) is 5.78 Å². The zero-order valence-corrected chi connectivity index (χ0v) is 11.0. The number of hydrazone groups is 1. The molecule has 0 heterocycles. The summed E-state index contributed by atoms with van der Waals surface area (Å²) in [5, 5.41) is 6.13. The molecule has 0 radical (unpaired) electrons. The van der Waals surface area contributed by atoms with Crippen molar-refractivity contribution in [1.29, 1.82) is 0 Å².